The molecule has 106 valence electrons. The van der Waals surface area contributed by atoms with E-state index in [9.17, 15) is 4.39 Å². The molecule has 19 heavy (non-hydrogen) atoms. The number of halogens is 1. The summed E-state index contributed by atoms with van der Waals surface area (Å²) in [7, 11) is 0. The van der Waals surface area contributed by atoms with Gasteiger partial charge in [-0.25, -0.2) is 4.39 Å². The maximum absolute atomic E-state index is 13.8. The molecule has 4 heteroatoms. The number of thioether (sulfide) groups is 1. The fourth-order valence-electron chi connectivity index (χ4n) is 2.57. The molecule has 0 radical (unpaired) electrons. The van der Waals surface area contributed by atoms with Gasteiger partial charge in [-0.1, -0.05) is 6.92 Å². The Labute approximate surface area is 119 Å². The predicted molar refractivity (Wildman–Crippen MR) is 82.5 cm³/mol. The van der Waals surface area contributed by atoms with Gasteiger partial charge >= 0.3 is 0 Å². The average Bonchev–Trinajstić information content (AvgIpc) is 2.35. The predicted octanol–water partition coefficient (Wildman–Crippen LogP) is 3.48. The molecular formula is C15H23FN2S. The molecule has 2 rings (SSSR count). The standard InChI is InChI=1S/C15H23FN2S/c1-9-7-15(13(10(2)17)8-14(9)16)18-5-6-19-12(4)11(18)3/h7-8,10-12H,5-6,17H2,1-4H3. The van der Waals surface area contributed by atoms with E-state index in [2.05, 4.69) is 18.7 Å². The van der Waals surface area contributed by atoms with Crippen molar-refractivity contribution in [1.29, 1.82) is 0 Å². The summed E-state index contributed by atoms with van der Waals surface area (Å²) in [5.41, 5.74) is 8.73. The van der Waals surface area contributed by atoms with Gasteiger partial charge in [0.1, 0.15) is 5.82 Å². The Kier molecular flexibility index (Phi) is 4.41. The molecule has 1 aliphatic rings. The molecule has 0 amide bonds. The van der Waals surface area contributed by atoms with Crippen LogP contribution in [0.2, 0.25) is 0 Å². The van der Waals surface area contributed by atoms with E-state index in [0.717, 1.165) is 23.5 Å². The van der Waals surface area contributed by atoms with Crippen molar-refractivity contribution in [3.8, 4) is 0 Å². The van der Waals surface area contributed by atoms with Crippen LogP contribution in [-0.2, 0) is 0 Å². The fourth-order valence-corrected chi connectivity index (χ4v) is 3.67. The largest absolute Gasteiger partial charge is 0.367 e. The van der Waals surface area contributed by atoms with Crippen LogP contribution in [0.4, 0.5) is 10.1 Å². The van der Waals surface area contributed by atoms with E-state index in [1.165, 1.54) is 0 Å². The lowest BCUT2D eigenvalue weighted by molar-refractivity contribution is 0.601. The van der Waals surface area contributed by atoms with Crippen molar-refractivity contribution in [1.82, 2.24) is 0 Å². The SMILES string of the molecule is Cc1cc(N2CCSC(C)C2C)c(C(C)N)cc1F. The molecule has 0 saturated carbocycles. The molecule has 1 heterocycles. The second-order valence-electron chi connectivity index (χ2n) is 5.46. The van der Waals surface area contributed by atoms with E-state index in [1.54, 1.807) is 6.07 Å². The highest BCUT2D eigenvalue weighted by atomic mass is 32.2. The second kappa shape index (κ2) is 5.71. The van der Waals surface area contributed by atoms with Gasteiger partial charge in [-0.15, -0.1) is 0 Å². The Balaban J connectivity index is 2.45. The van der Waals surface area contributed by atoms with Crippen molar-refractivity contribution in [3.63, 3.8) is 0 Å². The second-order valence-corrected chi connectivity index (χ2v) is 6.94. The Bertz CT molecular complexity index is 462. The highest BCUT2D eigenvalue weighted by Crippen LogP contribution is 2.34. The molecule has 1 aromatic carbocycles. The summed E-state index contributed by atoms with van der Waals surface area (Å²) in [5, 5.41) is 0.583. The Morgan fingerprint density at radius 1 is 1.42 bits per heavy atom. The summed E-state index contributed by atoms with van der Waals surface area (Å²) in [6.45, 7) is 9.22. The zero-order valence-electron chi connectivity index (χ0n) is 12.1. The van der Waals surface area contributed by atoms with Crippen LogP contribution in [0.1, 0.15) is 37.9 Å². The zero-order chi connectivity index (χ0) is 14.2. The quantitative estimate of drug-likeness (QED) is 0.900. The third kappa shape index (κ3) is 2.90. The minimum atomic E-state index is -0.164. The molecule has 0 aromatic heterocycles. The highest BCUT2D eigenvalue weighted by Gasteiger charge is 2.27. The maximum atomic E-state index is 13.8. The van der Waals surface area contributed by atoms with E-state index < -0.39 is 0 Å². The van der Waals surface area contributed by atoms with Crippen LogP contribution in [0.5, 0.6) is 0 Å². The lowest BCUT2D eigenvalue weighted by atomic mass is 10.0. The van der Waals surface area contributed by atoms with Crippen LogP contribution in [0, 0.1) is 12.7 Å². The summed E-state index contributed by atoms with van der Waals surface area (Å²) >= 11 is 2.00. The van der Waals surface area contributed by atoms with Crippen LogP contribution < -0.4 is 10.6 Å². The van der Waals surface area contributed by atoms with Crippen LogP contribution in [0.25, 0.3) is 0 Å². The molecule has 1 saturated heterocycles. The van der Waals surface area contributed by atoms with Crippen molar-refractivity contribution >= 4 is 17.4 Å². The number of hydrogen-bond acceptors (Lipinski definition) is 3. The monoisotopic (exact) mass is 282 g/mol. The summed E-state index contributed by atoms with van der Waals surface area (Å²) in [6.07, 6.45) is 0. The van der Waals surface area contributed by atoms with Gasteiger partial charge in [-0.2, -0.15) is 11.8 Å². The van der Waals surface area contributed by atoms with Crippen molar-refractivity contribution in [2.75, 3.05) is 17.2 Å². The minimum absolute atomic E-state index is 0.151. The van der Waals surface area contributed by atoms with Crippen molar-refractivity contribution in [3.05, 3.63) is 29.1 Å². The molecule has 2 N–H and O–H groups in total. The van der Waals surface area contributed by atoms with Gasteiger partial charge in [0.15, 0.2) is 0 Å². The average molecular weight is 282 g/mol. The smallest absolute Gasteiger partial charge is 0.126 e. The number of hydrogen-bond donors (Lipinski definition) is 1. The minimum Gasteiger partial charge on any atom is -0.367 e. The maximum Gasteiger partial charge on any atom is 0.126 e. The molecule has 1 aromatic rings. The first-order valence-corrected chi connectivity index (χ1v) is 7.90. The van der Waals surface area contributed by atoms with Gasteiger partial charge in [0.2, 0.25) is 0 Å². The van der Waals surface area contributed by atoms with Crippen LogP contribution in [0.3, 0.4) is 0 Å². The van der Waals surface area contributed by atoms with Gasteiger partial charge < -0.3 is 10.6 Å². The van der Waals surface area contributed by atoms with E-state index in [0.29, 0.717) is 16.9 Å². The van der Waals surface area contributed by atoms with Crippen molar-refractivity contribution < 1.29 is 4.39 Å². The van der Waals surface area contributed by atoms with Gasteiger partial charge in [-0.3, -0.25) is 0 Å². The van der Waals surface area contributed by atoms with Crippen molar-refractivity contribution in [2.24, 2.45) is 5.73 Å². The first kappa shape index (κ1) is 14.7. The van der Waals surface area contributed by atoms with E-state index >= 15 is 0 Å². The van der Waals surface area contributed by atoms with Crippen LogP contribution in [0.15, 0.2) is 12.1 Å². The van der Waals surface area contributed by atoms with Crippen LogP contribution in [-0.4, -0.2) is 23.6 Å². The molecule has 3 unspecified atom stereocenters. The topological polar surface area (TPSA) is 29.3 Å². The lowest BCUT2D eigenvalue weighted by Crippen LogP contribution is -2.45. The third-order valence-corrected chi connectivity index (χ3v) is 5.33. The molecule has 2 nitrogen and oxygen atoms in total. The molecule has 1 aliphatic heterocycles. The van der Waals surface area contributed by atoms with Gasteiger partial charge in [0.05, 0.1) is 0 Å². The van der Waals surface area contributed by atoms with E-state index in [1.807, 2.05) is 31.7 Å². The van der Waals surface area contributed by atoms with E-state index in [-0.39, 0.29) is 11.9 Å². The summed E-state index contributed by atoms with van der Waals surface area (Å²) in [5.74, 6) is 0.948. The lowest BCUT2D eigenvalue weighted by Gasteiger charge is -2.40. The Morgan fingerprint density at radius 2 is 2.11 bits per heavy atom. The summed E-state index contributed by atoms with van der Waals surface area (Å²) in [6, 6.07) is 3.85. The number of anilines is 1. The molecular weight excluding hydrogens is 259 g/mol. The number of nitrogens with zero attached hydrogens (tertiary/aromatic N) is 1. The molecule has 1 fully saturated rings. The number of nitrogens with two attached hydrogens (primary N) is 1. The molecule has 0 bridgehead atoms. The number of rotatable bonds is 2. The first-order valence-electron chi connectivity index (χ1n) is 6.85. The highest BCUT2D eigenvalue weighted by molar-refractivity contribution is 8.00. The molecule has 3 atom stereocenters. The van der Waals surface area contributed by atoms with Crippen molar-refractivity contribution in [2.45, 2.75) is 45.0 Å². The molecule has 0 aliphatic carbocycles. The third-order valence-electron chi connectivity index (χ3n) is 3.99. The van der Waals surface area contributed by atoms with Crippen LogP contribution >= 0.6 is 11.8 Å². The normalized spacial score (nSPS) is 25.5. The Hall–Kier alpha value is -0.740. The summed E-state index contributed by atoms with van der Waals surface area (Å²) in [4.78, 5) is 2.38. The summed E-state index contributed by atoms with van der Waals surface area (Å²) < 4.78 is 13.8. The fraction of sp³-hybridized carbons (Fsp3) is 0.600. The number of aryl methyl sites for hydroxylation is 1. The van der Waals surface area contributed by atoms with Gasteiger partial charge in [0.25, 0.3) is 0 Å². The zero-order valence-corrected chi connectivity index (χ0v) is 12.9. The first-order chi connectivity index (χ1) is 8.91. The van der Waals surface area contributed by atoms with Gasteiger partial charge in [-0.05, 0) is 44.0 Å². The van der Waals surface area contributed by atoms with Gasteiger partial charge in [0, 0.05) is 35.3 Å². The van der Waals surface area contributed by atoms with E-state index in [4.69, 9.17) is 5.73 Å². The number of benzene rings is 1. The Morgan fingerprint density at radius 3 is 2.74 bits per heavy atom. The molecule has 0 spiro atoms.